The summed E-state index contributed by atoms with van der Waals surface area (Å²) in [5.74, 6) is -0.782. The molecule has 0 aromatic heterocycles. The summed E-state index contributed by atoms with van der Waals surface area (Å²) >= 11 is 0. The number of carbonyl (C=O) groups is 3. The number of β-lactam (4-membered cyclic amide) rings is 1. The molecule has 0 saturated carbocycles. The smallest absolute Gasteiger partial charge is 0.408 e. The molecule has 1 atom stereocenters. The minimum atomic E-state index is -1.08. The fraction of sp³-hybridized carbons (Fsp3) is 0.700. The van der Waals surface area contributed by atoms with E-state index >= 15 is 0 Å². The topological polar surface area (TPSA) is 87.2 Å². The Balaban J connectivity index is 2.04. The Morgan fingerprint density at radius 1 is 1.53 bits per heavy atom. The molecule has 17 heavy (non-hydrogen) atoms. The molecule has 2 aliphatic rings. The van der Waals surface area contributed by atoms with Gasteiger partial charge in [-0.25, -0.2) is 4.79 Å². The van der Waals surface area contributed by atoms with Gasteiger partial charge in [0.05, 0.1) is 13.7 Å². The van der Waals surface area contributed by atoms with E-state index in [1.54, 1.807) is 0 Å². The van der Waals surface area contributed by atoms with Gasteiger partial charge in [0.1, 0.15) is 12.1 Å². The molecule has 2 heterocycles. The van der Waals surface area contributed by atoms with Gasteiger partial charge in [-0.3, -0.25) is 14.5 Å². The van der Waals surface area contributed by atoms with Crippen LogP contribution in [0.3, 0.4) is 0 Å². The molecular weight excluding hydrogens is 228 g/mol. The molecule has 0 aromatic rings. The fourth-order valence-corrected chi connectivity index (χ4v) is 2.55. The molecular formula is C10H14N2O5. The van der Waals surface area contributed by atoms with Gasteiger partial charge in [-0.2, -0.15) is 0 Å². The first-order chi connectivity index (χ1) is 8.01. The Labute approximate surface area is 97.9 Å². The molecule has 0 bridgehead atoms. The van der Waals surface area contributed by atoms with Crippen LogP contribution in [-0.2, 0) is 14.3 Å². The van der Waals surface area contributed by atoms with Crippen LogP contribution in [0.15, 0.2) is 0 Å². The molecule has 1 spiro atoms. The van der Waals surface area contributed by atoms with Crippen LogP contribution in [0, 0.1) is 0 Å². The van der Waals surface area contributed by atoms with Crippen molar-refractivity contribution >= 4 is 18.0 Å². The lowest BCUT2D eigenvalue weighted by Gasteiger charge is -2.49. The molecule has 2 fully saturated rings. The van der Waals surface area contributed by atoms with Gasteiger partial charge < -0.3 is 14.7 Å². The summed E-state index contributed by atoms with van der Waals surface area (Å²) in [6.07, 6.45) is 0.147. The van der Waals surface area contributed by atoms with Crippen molar-refractivity contribution in [1.29, 1.82) is 0 Å². The van der Waals surface area contributed by atoms with E-state index in [1.807, 2.05) is 0 Å². The lowest BCUT2D eigenvalue weighted by Crippen LogP contribution is -2.73. The van der Waals surface area contributed by atoms with E-state index in [1.165, 1.54) is 16.9 Å². The highest BCUT2D eigenvalue weighted by molar-refractivity contribution is 5.97. The Hall–Kier alpha value is -1.79. The van der Waals surface area contributed by atoms with E-state index in [4.69, 9.17) is 5.11 Å². The number of hydrogen-bond acceptors (Lipinski definition) is 4. The number of likely N-dealkylation sites (tertiary alicyclic amines) is 2. The maximum absolute atomic E-state index is 12.0. The third-order valence-electron chi connectivity index (χ3n) is 3.41. The first kappa shape index (κ1) is 11.7. The molecule has 0 aliphatic carbocycles. The second-order valence-electron chi connectivity index (χ2n) is 4.31. The van der Waals surface area contributed by atoms with Crippen LogP contribution < -0.4 is 0 Å². The van der Waals surface area contributed by atoms with Crippen molar-refractivity contribution in [3.05, 3.63) is 0 Å². The van der Waals surface area contributed by atoms with E-state index in [0.717, 1.165) is 0 Å². The van der Waals surface area contributed by atoms with Gasteiger partial charge >= 0.3 is 12.1 Å². The van der Waals surface area contributed by atoms with Crippen molar-refractivity contribution in [3.8, 4) is 0 Å². The summed E-state index contributed by atoms with van der Waals surface area (Å²) < 4.78 is 4.47. The Bertz CT molecular complexity index is 383. The zero-order valence-electron chi connectivity index (χ0n) is 9.51. The van der Waals surface area contributed by atoms with Crippen LogP contribution in [0.4, 0.5) is 4.79 Å². The number of ether oxygens (including phenoxy) is 1. The summed E-state index contributed by atoms with van der Waals surface area (Å²) in [7, 11) is 1.25. The second-order valence-corrected chi connectivity index (χ2v) is 4.31. The zero-order valence-corrected chi connectivity index (χ0v) is 9.51. The van der Waals surface area contributed by atoms with E-state index in [2.05, 4.69) is 4.74 Å². The number of carboxylic acid groups (broad SMARTS) is 1. The minimum absolute atomic E-state index is 0.107. The monoisotopic (exact) mass is 242 g/mol. The summed E-state index contributed by atoms with van der Waals surface area (Å²) in [4.78, 5) is 36.5. The number of hydrogen-bond donors (Lipinski definition) is 1. The maximum atomic E-state index is 12.0. The molecule has 7 heteroatoms. The molecule has 2 rings (SSSR count). The predicted octanol–water partition coefficient (Wildman–Crippen LogP) is -0.486. The number of rotatable bonds is 2. The van der Waals surface area contributed by atoms with Crippen molar-refractivity contribution in [1.82, 2.24) is 9.80 Å². The van der Waals surface area contributed by atoms with E-state index in [0.29, 0.717) is 19.4 Å². The highest BCUT2D eigenvalue weighted by atomic mass is 16.5. The minimum Gasteiger partial charge on any atom is -0.468 e. The fourth-order valence-electron chi connectivity index (χ4n) is 2.55. The van der Waals surface area contributed by atoms with Gasteiger partial charge in [0.2, 0.25) is 0 Å². The highest BCUT2D eigenvalue weighted by Crippen LogP contribution is 2.38. The normalized spacial score (nSPS) is 27.2. The Morgan fingerprint density at radius 3 is 2.76 bits per heavy atom. The van der Waals surface area contributed by atoms with Crippen molar-refractivity contribution in [2.24, 2.45) is 0 Å². The number of esters is 1. The summed E-state index contributed by atoms with van der Waals surface area (Å²) in [6.45, 7) is 0.560. The van der Waals surface area contributed by atoms with Crippen LogP contribution in [0.25, 0.3) is 0 Å². The van der Waals surface area contributed by atoms with Gasteiger partial charge in [0.25, 0.3) is 5.91 Å². The first-order valence-electron chi connectivity index (χ1n) is 5.38. The van der Waals surface area contributed by atoms with Gasteiger partial charge in [0.15, 0.2) is 0 Å². The number of nitrogens with zero attached hydrogens (tertiary/aromatic N) is 2. The Morgan fingerprint density at radius 2 is 2.24 bits per heavy atom. The van der Waals surface area contributed by atoms with E-state index in [9.17, 15) is 14.4 Å². The zero-order chi connectivity index (χ0) is 12.6. The summed E-state index contributed by atoms with van der Waals surface area (Å²) in [5, 5.41) is 9.01. The average Bonchev–Trinajstić information content (AvgIpc) is 2.74. The lowest BCUT2D eigenvalue weighted by molar-refractivity contribution is -0.165. The lowest BCUT2D eigenvalue weighted by atomic mass is 9.86. The van der Waals surface area contributed by atoms with Gasteiger partial charge in [0, 0.05) is 6.54 Å². The molecule has 7 nitrogen and oxygen atoms in total. The third-order valence-corrected chi connectivity index (χ3v) is 3.41. The van der Waals surface area contributed by atoms with Gasteiger partial charge in [-0.1, -0.05) is 0 Å². The van der Waals surface area contributed by atoms with Crippen LogP contribution in [0.1, 0.15) is 12.8 Å². The van der Waals surface area contributed by atoms with Crippen LogP contribution in [-0.4, -0.2) is 65.2 Å². The molecule has 0 radical (unpaired) electrons. The molecule has 1 unspecified atom stereocenters. The van der Waals surface area contributed by atoms with E-state index < -0.39 is 17.6 Å². The maximum Gasteiger partial charge on any atom is 0.408 e. The van der Waals surface area contributed by atoms with Gasteiger partial charge in [-0.15, -0.1) is 0 Å². The third kappa shape index (κ3) is 1.62. The molecule has 0 aromatic carbocycles. The van der Waals surface area contributed by atoms with Crippen LogP contribution >= 0.6 is 0 Å². The number of methoxy groups -OCH3 is 1. The van der Waals surface area contributed by atoms with Crippen molar-refractivity contribution in [2.75, 3.05) is 26.7 Å². The second kappa shape index (κ2) is 3.90. The first-order valence-corrected chi connectivity index (χ1v) is 5.38. The predicted molar refractivity (Wildman–Crippen MR) is 55.3 cm³/mol. The summed E-state index contributed by atoms with van der Waals surface area (Å²) in [6, 6.07) is 0. The van der Waals surface area contributed by atoms with Crippen molar-refractivity contribution in [2.45, 2.75) is 18.4 Å². The largest absolute Gasteiger partial charge is 0.468 e. The average molecular weight is 242 g/mol. The molecule has 94 valence electrons. The van der Waals surface area contributed by atoms with Crippen molar-refractivity contribution in [3.63, 3.8) is 0 Å². The number of amides is 2. The van der Waals surface area contributed by atoms with Crippen molar-refractivity contribution < 1.29 is 24.2 Å². The summed E-state index contributed by atoms with van der Waals surface area (Å²) in [5.41, 5.74) is -0.917. The molecule has 2 saturated heterocycles. The molecule has 2 aliphatic heterocycles. The molecule has 2 amide bonds. The standard InChI is InChI=1S/C10H14N2O5/c1-17-7(13)5-11-6-10(8(11)14)3-2-4-12(10)9(15)16/h2-6H2,1H3,(H,15,16). The van der Waals surface area contributed by atoms with E-state index in [-0.39, 0.29) is 19.0 Å². The number of carbonyl (C=O) groups excluding carboxylic acids is 2. The Kier molecular flexibility index (Phi) is 2.68. The highest BCUT2D eigenvalue weighted by Gasteiger charge is 2.60. The van der Waals surface area contributed by atoms with Crippen LogP contribution in [0.5, 0.6) is 0 Å². The quantitative estimate of drug-likeness (QED) is 0.521. The van der Waals surface area contributed by atoms with Gasteiger partial charge in [-0.05, 0) is 12.8 Å². The SMILES string of the molecule is COC(=O)CN1CC2(CCCN2C(=O)O)C1=O. The molecule has 1 N–H and O–H groups in total. The van der Waals surface area contributed by atoms with Crippen LogP contribution in [0.2, 0.25) is 0 Å².